The van der Waals surface area contributed by atoms with Crippen molar-refractivity contribution in [2.24, 2.45) is 5.84 Å². The van der Waals surface area contributed by atoms with Crippen LogP contribution in [0.5, 0.6) is 5.75 Å². The van der Waals surface area contributed by atoms with Gasteiger partial charge in [0, 0.05) is 0 Å². The van der Waals surface area contributed by atoms with E-state index in [9.17, 15) is 0 Å². The number of hydrogen-bond acceptors (Lipinski definition) is 4. The van der Waals surface area contributed by atoms with Crippen molar-refractivity contribution in [1.29, 1.82) is 0 Å². The maximum Gasteiger partial charge on any atom is 0.134 e. The Morgan fingerprint density at radius 3 is 3.00 bits per heavy atom. The summed E-state index contributed by atoms with van der Waals surface area (Å²) < 4.78 is 5.26. The molecule has 1 atom stereocenters. The van der Waals surface area contributed by atoms with Gasteiger partial charge in [0.15, 0.2) is 0 Å². The van der Waals surface area contributed by atoms with Crippen LogP contribution in [0, 0.1) is 0 Å². The number of rotatable bonds is 6. The second-order valence-electron chi connectivity index (χ2n) is 3.21. The van der Waals surface area contributed by atoms with E-state index in [2.05, 4.69) is 12.3 Å². The first kappa shape index (κ1) is 11.5. The second-order valence-corrected chi connectivity index (χ2v) is 4.16. The molecule has 14 heavy (non-hydrogen) atoms. The zero-order valence-electron chi connectivity index (χ0n) is 8.75. The number of ether oxygens (including phenoxy) is 1. The first-order chi connectivity index (χ1) is 6.83. The summed E-state index contributed by atoms with van der Waals surface area (Å²) >= 11 is 1.69. The number of nitrogens with one attached hydrogen (secondary N) is 1. The standard InChI is InChI=1S/C10H18N2OS/c1-3-4-5-8(12-11)10-9(13-2)6-7-14-10/h6-8,12H,3-5,11H2,1-2H3. The zero-order valence-corrected chi connectivity index (χ0v) is 9.56. The van der Waals surface area contributed by atoms with E-state index in [-0.39, 0.29) is 6.04 Å². The molecule has 1 aromatic heterocycles. The normalized spacial score (nSPS) is 12.8. The van der Waals surface area contributed by atoms with Gasteiger partial charge in [-0.15, -0.1) is 11.3 Å². The molecule has 3 nitrogen and oxygen atoms in total. The lowest BCUT2D eigenvalue weighted by atomic mass is 10.1. The third-order valence-corrected chi connectivity index (χ3v) is 3.25. The number of methoxy groups -OCH3 is 1. The lowest BCUT2D eigenvalue weighted by Crippen LogP contribution is -2.27. The van der Waals surface area contributed by atoms with Gasteiger partial charge in [0.05, 0.1) is 18.0 Å². The summed E-state index contributed by atoms with van der Waals surface area (Å²) in [5, 5.41) is 2.03. The molecule has 0 aromatic carbocycles. The third kappa shape index (κ3) is 2.70. The Labute approximate surface area is 89.2 Å². The van der Waals surface area contributed by atoms with Gasteiger partial charge in [-0.3, -0.25) is 11.3 Å². The monoisotopic (exact) mass is 214 g/mol. The summed E-state index contributed by atoms with van der Waals surface area (Å²) in [5.41, 5.74) is 2.84. The van der Waals surface area contributed by atoms with E-state index in [1.807, 2.05) is 11.4 Å². The summed E-state index contributed by atoms with van der Waals surface area (Å²) in [5.74, 6) is 6.47. The number of unbranched alkanes of at least 4 members (excludes halogenated alkanes) is 1. The summed E-state index contributed by atoms with van der Waals surface area (Å²) in [7, 11) is 1.69. The maximum absolute atomic E-state index is 5.53. The van der Waals surface area contributed by atoms with Crippen LogP contribution >= 0.6 is 11.3 Å². The SMILES string of the molecule is CCCCC(NN)c1sccc1OC. The molecule has 0 amide bonds. The second kappa shape index (κ2) is 6.01. The molecule has 0 aliphatic rings. The van der Waals surface area contributed by atoms with Crippen LogP contribution in [0.25, 0.3) is 0 Å². The Morgan fingerprint density at radius 2 is 2.43 bits per heavy atom. The number of hydrazine groups is 1. The van der Waals surface area contributed by atoms with Gasteiger partial charge >= 0.3 is 0 Å². The van der Waals surface area contributed by atoms with Crippen LogP contribution in [0.2, 0.25) is 0 Å². The van der Waals surface area contributed by atoms with Gasteiger partial charge < -0.3 is 4.74 Å². The van der Waals surface area contributed by atoms with Gasteiger partial charge in [0.25, 0.3) is 0 Å². The Hall–Kier alpha value is -0.580. The van der Waals surface area contributed by atoms with Crippen molar-refractivity contribution in [2.75, 3.05) is 7.11 Å². The van der Waals surface area contributed by atoms with E-state index in [4.69, 9.17) is 10.6 Å². The van der Waals surface area contributed by atoms with Gasteiger partial charge in [0.2, 0.25) is 0 Å². The van der Waals surface area contributed by atoms with Crippen LogP contribution in [0.3, 0.4) is 0 Å². The minimum atomic E-state index is 0.227. The molecule has 1 heterocycles. The molecule has 80 valence electrons. The minimum absolute atomic E-state index is 0.227. The predicted octanol–water partition coefficient (Wildman–Crippen LogP) is 2.45. The molecule has 0 radical (unpaired) electrons. The molecular weight excluding hydrogens is 196 g/mol. The number of nitrogens with two attached hydrogens (primary N) is 1. The Balaban J connectivity index is 2.67. The van der Waals surface area contributed by atoms with Crippen LogP contribution in [0.1, 0.15) is 37.1 Å². The van der Waals surface area contributed by atoms with Gasteiger partial charge in [-0.1, -0.05) is 19.8 Å². The predicted molar refractivity (Wildman–Crippen MR) is 60.5 cm³/mol. The van der Waals surface area contributed by atoms with E-state index in [1.165, 1.54) is 17.7 Å². The Morgan fingerprint density at radius 1 is 1.64 bits per heavy atom. The third-order valence-electron chi connectivity index (χ3n) is 2.24. The molecule has 4 heteroatoms. The molecule has 0 saturated heterocycles. The van der Waals surface area contributed by atoms with Gasteiger partial charge in [-0.05, 0) is 17.9 Å². The molecule has 0 aliphatic heterocycles. The van der Waals surface area contributed by atoms with Crippen molar-refractivity contribution < 1.29 is 4.74 Å². The van der Waals surface area contributed by atoms with Crippen molar-refractivity contribution in [3.8, 4) is 5.75 Å². The van der Waals surface area contributed by atoms with E-state index in [1.54, 1.807) is 18.4 Å². The van der Waals surface area contributed by atoms with Crippen molar-refractivity contribution in [2.45, 2.75) is 32.2 Å². The maximum atomic E-state index is 5.53. The average molecular weight is 214 g/mol. The van der Waals surface area contributed by atoms with Crippen LogP contribution in [0.4, 0.5) is 0 Å². The molecular formula is C10H18N2OS. The van der Waals surface area contributed by atoms with Gasteiger partial charge in [-0.25, -0.2) is 0 Å². The van der Waals surface area contributed by atoms with Crippen LogP contribution in [0.15, 0.2) is 11.4 Å². The molecule has 0 spiro atoms. The number of hydrogen-bond donors (Lipinski definition) is 2. The molecule has 3 N–H and O–H groups in total. The summed E-state index contributed by atoms with van der Waals surface area (Å²) in [4.78, 5) is 1.20. The summed E-state index contributed by atoms with van der Waals surface area (Å²) in [6.45, 7) is 2.18. The molecule has 0 saturated carbocycles. The first-order valence-corrected chi connectivity index (χ1v) is 5.79. The van der Waals surface area contributed by atoms with Crippen LogP contribution < -0.4 is 16.0 Å². The highest BCUT2D eigenvalue weighted by atomic mass is 32.1. The smallest absolute Gasteiger partial charge is 0.134 e. The van der Waals surface area contributed by atoms with Gasteiger partial charge in [0.1, 0.15) is 5.75 Å². The molecule has 1 rings (SSSR count). The fraction of sp³-hybridized carbons (Fsp3) is 0.600. The number of thiophene rings is 1. The molecule has 1 aromatic rings. The van der Waals surface area contributed by atoms with E-state index in [0.717, 1.165) is 12.2 Å². The van der Waals surface area contributed by atoms with E-state index < -0.39 is 0 Å². The zero-order chi connectivity index (χ0) is 10.4. The quantitative estimate of drug-likeness (QED) is 0.565. The summed E-state index contributed by atoms with van der Waals surface area (Å²) in [6, 6.07) is 2.21. The van der Waals surface area contributed by atoms with Crippen molar-refractivity contribution >= 4 is 11.3 Å². The Kier molecular flexibility index (Phi) is 4.93. The average Bonchev–Trinajstić information content (AvgIpc) is 2.67. The van der Waals surface area contributed by atoms with Crippen molar-refractivity contribution in [3.63, 3.8) is 0 Å². The van der Waals surface area contributed by atoms with Crippen LogP contribution in [-0.2, 0) is 0 Å². The highest BCUT2D eigenvalue weighted by Gasteiger charge is 2.15. The highest BCUT2D eigenvalue weighted by Crippen LogP contribution is 2.32. The molecule has 0 fully saturated rings. The molecule has 0 aliphatic carbocycles. The van der Waals surface area contributed by atoms with Gasteiger partial charge in [-0.2, -0.15) is 0 Å². The van der Waals surface area contributed by atoms with Crippen molar-refractivity contribution in [3.05, 3.63) is 16.3 Å². The lowest BCUT2D eigenvalue weighted by molar-refractivity contribution is 0.399. The van der Waals surface area contributed by atoms with Crippen LogP contribution in [-0.4, -0.2) is 7.11 Å². The topological polar surface area (TPSA) is 47.3 Å². The Bertz CT molecular complexity index is 262. The van der Waals surface area contributed by atoms with Crippen molar-refractivity contribution in [1.82, 2.24) is 5.43 Å². The van der Waals surface area contributed by atoms with E-state index in [0.29, 0.717) is 0 Å². The first-order valence-electron chi connectivity index (χ1n) is 4.91. The fourth-order valence-corrected chi connectivity index (χ4v) is 2.39. The summed E-state index contributed by atoms with van der Waals surface area (Å²) in [6.07, 6.45) is 3.42. The lowest BCUT2D eigenvalue weighted by Gasteiger charge is -2.15. The molecule has 1 unspecified atom stereocenters. The molecule has 0 bridgehead atoms. The largest absolute Gasteiger partial charge is 0.496 e. The fourth-order valence-electron chi connectivity index (χ4n) is 1.43. The van der Waals surface area contributed by atoms with E-state index >= 15 is 0 Å². The highest BCUT2D eigenvalue weighted by molar-refractivity contribution is 7.10. The minimum Gasteiger partial charge on any atom is -0.496 e.